The van der Waals surface area contributed by atoms with E-state index in [2.05, 4.69) is 5.28 Å². The second-order valence-electron chi connectivity index (χ2n) is 5.77. The van der Waals surface area contributed by atoms with Gasteiger partial charge in [-0.3, -0.25) is 14.4 Å². The highest BCUT2D eigenvalue weighted by atomic mass is 16.7. The summed E-state index contributed by atoms with van der Waals surface area (Å²) in [7, 11) is 0. The third-order valence-electron chi connectivity index (χ3n) is 4.18. The smallest absolute Gasteiger partial charge is 0.308 e. The molecule has 0 aromatic heterocycles. The number of hydrogen-bond acceptors (Lipinski definition) is 6. The minimum Gasteiger partial charge on any atom is -0.569 e. The molecule has 1 aromatic carbocycles. The van der Waals surface area contributed by atoms with E-state index in [1.165, 1.54) is 17.1 Å². The zero-order valence-corrected chi connectivity index (χ0v) is 13.2. The molecule has 1 aromatic rings. The number of aliphatic carboxylic acids is 1. The maximum atomic E-state index is 12.1. The van der Waals surface area contributed by atoms with Crippen LogP contribution < -0.4 is 0 Å². The number of carbonyl (C=O) groups excluding carboxylic acids is 2. The molecule has 1 N–H and O–H groups in total. The third-order valence-corrected chi connectivity index (χ3v) is 4.18. The number of imide groups is 1. The Balaban J connectivity index is 1.59. The fourth-order valence-corrected chi connectivity index (χ4v) is 2.86. The van der Waals surface area contributed by atoms with Crippen molar-refractivity contribution in [3.8, 4) is 0 Å². The number of hydrogen-bond donors (Lipinski definition) is 1. The first-order valence-electron chi connectivity index (χ1n) is 7.72. The number of carbonyl (C=O) groups is 3. The number of piperidine rings is 1. The molecule has 0 spiro atoms. The number of carboxylic acid groups (broad SMARTS) is 1. The lowest BCUT2D eigenvalue weighted by molar-refractivity contribution is -0.714. The Hall–Kier alpha value is -3.17. The highest BCUT2D eigenvalue weighted by molar-refractivity contribution is 6.21. The van der Waals surface area contributed by atoms with Crippen molar-refractivity contribution >= 4 is 17.8 Å². The van der Waals surface area contributed by atoms with E-state index in [0.717, 1.165) is 4.90 Å². The summed E-state index contributed by atoms with van der Waals surface area (Å²) in [5.41, 5.74) is 0.547. The Morgan fingerprint density at radius 2 is 1.96 bits per heavy atom. The van der Waals surface area contributed by atoms with Gasteiger partial charge in [0.05, 0.1) is 35.1 Å². The quantitative estimate of drug-likeness (QED) is 0.362. The van der Waals surface area contributed by atoms with Gasteiger partial charge >= 0.3 is 5.97 Å². The third kappa shape index (κ3) is 3.23. The predicted molar refractivity (Wildman–Crippen MR) is 80.9 cm³/mol. The number of hydrazine groups is 1. The molecule has 25 heavy (non-hydrogen) atoms. The van der Waals surface area contributed by atoms with E-state index >= 15 is 0 Å². The maximum absolute atomic E-state index is 12.1. The number of amides is 2. The zero-order chi connectivity index (χ0) is 18.0. The van der Waals surface area contributed by atoms with E-state index in [4.69, 9.17) is 9.94 Å². The second kappa shape index (κ2) is 6.75. The van der Waals surface area contributed by atoms with E-state index in [1.54, 1.807) is 12.1 Å². The van der Waals surface area contributed by atoms with Crippen LogP contribution in [0, 0.1) is 11.1 Å². The highest BCUT2D eigenvalue weighted by Crippen LogP contribution is 2.22. The van der Waals surface area contributed by atoms with Crippen LogP contribution in [0.15, 0.2) is 29.5 Å². The summed E-state index contributed by atoms with van der Waals surface area (Å²) >= 11 is 0. The highest BCUT2D eigenvalue weighted by Gasteiger charge is 2.36. The van der Waals surface area contributed by atoms with Crippen LogP contribution in [0.3, 0.4) is 0 Å². The summed E-state index contributed by atoms with van der Waals surface area (Å²) in [6.07, 6.45) is 1.04. The Bertz CT molecular complexity index is 714. The normalized spacial score (nSPS) is 20.6. The summed E-state index contributed by atoms with van der Waals surface area (Å²) in [5.74, 6) is -2.64. The molecule has 0 radical (unpaired) electrons. The van der Waals surface area contributed by atoms with Crippen LogP contribution in [0.25, 0.3) is 0 Å². The van der Waals surface area contributed by atoms with E-state index < -0.39 is 30.4 Å². The average molecular weight is 348 g/mol. The monoisotopic (exact) mass is 348 g/mol. The topological polar surface area (TPSA) is 126 Å². The zero-order valence-electron chi connectivity index (χ0n) is 13.2. The number of nitrogens with zero attached hydrogens (tertiary/aromatic N) is 4. The van der Waals surface area contributed by atoms with Crippen LogP contribution in [0.5, 0.6) is 0 Å². The lowest BCUT2D eigenvalue weighted by Gasteiger charge is -2.26. The molecule has 3 rings (SSSR count). The lowest BCUT2D eigenvalue weighted by Crippen LogP contribution is -2.42. The van der Waals surface area contributed by atoms with Crippen molar-refractivity contribution in [2.45, 2.75) is 12.8 Å². The Morgan fingerprint density at radius 3 is 2.56 bits per heavy atom. The van der Waals surface area contributed by atoms with Gasteiger partial charge in [0.25, 0.3) is 11.8 Å². The van der Waals surface area contributed by atoms with Crippen LogP contribution in [0.1, 0.15) is 33.6 Å². The Kier molecular flexibility index (Phi) is 4.50. The average Bonchev–Trinajstić information content (AvgIpc) is 2.87. The van der Waals surface area contributed by atoms with E-state index in [-0.39, 0.29) is 22.6 Å². The minimum atomic E-state index is -0.968. The number of benzene rings is 1. The minimum absolute atomic E-state index is 0.0265. The summed E-state index contributed by atoms with van der Waals surface area (Å²) in [4.78, 5) is 41.1. The number of carboxylic acids is 1. The fourth-order valence-electron chi connectivity index (χ4n) is 2.86. The van der Waals surface area contributed by atoms with Gasteiger partial charge in [0.1, 0.15) is 0 Å². The van der Waals surface area contributed by atoms with Gasteiger partial charge in [0, 0.05) is 0 Å². The Labute approximate surface area is 142 Å². The number of rotatable bonds is 5. The molecule has 0 saturated carbocycles. The summed E-state index contributed by atoms with van der Waals surface area (Å²) in [5, 5.41) is 25.4. The van der Waals surface area contributed by atoms with Crippen molar-refractivity contribution in [2.24, 2.45) is 11.2 Å². The van der Waals surface area contributed by atoms with Crippen LogP contribution in [-0.2, 0) is 9.63 Å². The molecule has 0 aliphatic carbocycles. The van der Waals surface area contributed by atoms with E-state index in [9.17, 15) is 19.6 Å². The predicted octanol–water partition coefficient (Wildman–Crippen LogP) is 0.846. The molecule has 10 heteroatoms. The van der Waals surface area contributed by atoms with Crippen molar-refractivity contribution in [2.75, 3.05) is 19.8 Å². The summed E-state index contributed by atoms with van der Waals surface area (Å²) in [6.45, 7) is -0.118. The van der Waals surface area contributed by atoms with Gasteiger partial charge in [0.15, 0.2) is 0 Å². The first kappa shape index (κ1) is 16.7. The molecule has 1 unspecified atom stereocenters. The van der Waals surface area contributed by atoms with Gasteiger partial charge in [-0.2, -0.15) is 0 Å². The molecule has 2 heterocycles. The van der Waals surface area contributed by atoms with Gasteiger partial charge in [-0.05, 0) is 25.0 Å². The van der Waals surface area contributed by atoms with Crippen molar-refractivity contribution in [3.05, 3.63) is 40.6 Å². The van der Waals surface area contributed by atoms with Crippen LogP contribution >= 0.6 is 0 Å². The van der Waals surface area contributed by atoms with Gasteiger partial charge in [-0.1, -0.05) is 12.1 Å². The second-order valence-corrected chi connectivity index (χ2v) is 5.77. The molecule has 10 nitrogen and oxygen atoms in total. The lowest BCUT2D eigenvalue weighted by atomic mass is 10.00. The molecular formula is C15H16N4O6. The standard InChI is InChI=1S/C15H16N4O6/c20-13-11-5-1-2-6-12(11)14(21)18(13)9-25-16-19(24)17-7-3-4-10(8-17)15(22)23/h1-2,5-6,10H,3-4,7-9H2,(H,22,23). The SMILES string of the molecule is O=C(O)C1CCCN([N+]([O-])=NOCN2C(=O)c3ccccc3C2=O)C1. The van der Waals surface area contributed by atoms with Crippen LogP contribution in [-0.4, -0.2) is 57.6 Å². The molecule has 2 amide bonds. The van der Waals surface area contributed by atoms with Crippen molar-refractivity contribution in [1.82, 2.24) is 9.91 Å². The molecule has 2 aliphatic heterocycles. The van der Waals surface area contributed by atoms with Gasteiger partial charge in [0.2, 0.25) is 12.0 Å². The molecular weight excluding hydrogens is 332 g/mol. The van der Waals surface area contributed by atoms with Crippen LogP contribution in [0.4, 0.5) is 0 Å². The van der Waals surface area contributed by atoms with Crippen molar-refractivity contribution in [3.63, 3.8) is 0 Å². The fraction of sp³-hybridized carbons (Fsp3) is 0.400. The van der Waals surface area contributed by atoms with Crippen LogP contribution in [0.2, 0.25) is 0 Å². The van der Waals surface area contributed by atoms with Crippen molar-refractivity contribution < 1.29 is 29.3 Å². The number of fused-ring (bicyclic) bond motifs is 1. The van der Waals surface area contributed by atoms with Gasteiger partial charge < -0.3 is 15.2 Å². The largest absolute Gasteiger partial charge is 0.569 e. The molecule has 0 bridgehead atoms. The molecule has 1 saturated heterocycles. The van der Waals surface area contributed by atoms with Crippen molar-refractivity contribution in [1.29, 1.82) is 0 Å². The first-order chi connectivity index (χ1) is 12.0. The molecule has 1 fully saturated rings. The van der Waals surface area contributed by atoms with E-state index in [0.29, 0.717) is 19.4 Å². The van der Waals surface area contributed by atoms with Gasteiger partial charge in [-0.15, -0.1) is 5.01 Å². The summed E-state index contributed by atoms with van der Waals surface area (Å²) < 4.78 is 0. The maximum Gasteiger partial charge on any atom is 0.308 e. The first-order valence-corrected chi connectivity index (χ1v) is 7.72. The molecule has 132 valence electrons. The molecule has 1 atom stereocenters. The Morgan fingerprint density at radius 1 is 1.32 bits per heavy atom. The van der Waals surface area contributed by atoms with Gasteiger partial charge in [-0.25, -0.2) is 4.90 Å². The van der Waals surface area contributed by atoms with E-state index in [1.807, 2.05) is 0 Å². The summed E-state index contributed by atoms with van der Waals surface area (Å²) in [6, 6.07) is 6.36. The molecule has 2 aliphatic rings.